The largest absolute Gasteiger partial charge is 0.508 e. The van der Waals surface area contributed by atoms with E-state index < -0.39 is 41.6 Å². The van der Waals surface area contributed by atoms with Gasteiger partial charge in [-0.15, -0.1) is 0 Å². The predicted octanol–water partition coefficient (Wildman–Crippen LogP) is 2.20. The minimum Gasteiger partial charge on any atom is -0.508 e. The highest BCUT2D eigenvalue weighted by atomic mass is 16.6. The molecule has 0 spiro atoms. The van der Waals surface area contributed by atoms with Crippen molar-refractivity contribution in [3.05, 3.63) is 41.5 Å². The maximum absolute atomic E-state index is 13.0. The number of ketones is 1. The summed E-state index contributed by atoms with van der Waals surface area (Å²) in [5, 5.41) is 19.8. The molecular weight excluding hydrogens is 412 g/mol. The summed E-state index contributed by atoms with van der Waals surface area (Å²) in [5.41, 5.74) is -0.0164. The van der Waals surface area contributed by atoms with Crippen LogP contribution in [0.5, 0.6) is 28.7 Å². The number of aromatic hydroxyl groups is 2. The number of rotatable bonds is 4. The second-order valence-corrected chi connectivity index (χ2v) is 6.66. The first-order valence-electron chi connectivity index (χ1n) is 9.01. The van der Waals surface area contributed by atoms with Gasteiger partial charge in [0.1, 0.15) is 22.8 Å². The number of phenols is 2. The first kappa shape index (κ1) is 21.6. The molecule has 0 saturated carbocycles. The van der Waals surface area contributed by atoms with Crippen molar-refractivity contribution in [3.63, 3.8) is 0 Å². The summed E-state index contributed by atoms with van der Waals surface area (Å²) in [6.45, 7) is 3.42. The van der Waals surface area contributed by atoms with Crippen molar-refractivity contribution in [2.75, 3.05) is 0 Å². The molecule has 2 atom stereocenters. The van der Waals surface area contributed by atoms with E-state index in [9.17, 15) is 29.4 Å². The lowest BCUT2D eigenvalue weighted by Crippen LogP contribution is -2.39. The van der Waals surface area contributed by atoms with Gasteiger partial charge in [-0.3, -0.25) is 19.2 Å². The van der Waals surface area contributed by atoms with Gasteiger partial charge in [0.2, 0.25) is 11.9 Å². The highest BCUT2D eigenvalue weighted by Gasteiger charge is 2.43. The summed E-state index contributed by atoms with van der Waals surface area (Å²) >= 11 is 0. The molecule has 0 radical (unpaired) electrons. The van der Waals surface area contributed by atoms with Gasteiger partial charge >= 0.3 is 17.9 Å². The van der Waals surface area contributed by atoms with E-state index in [0.717, 1.165) is 26.0 Å². The number of hydrogen-bond acceptors (Lipinski definition) is 10. The van der Waals surface area contributed by atoms with E-state index in [4.69, 9.17) is 18.9 Å². The van der Waals surface area contributed by atoms with Gasteiger partial charge in [0.25, 0.3) is 0 Å². The Balaban J connectivity index is 2.11. The first-order chi connectivity index (χ1) is 14.6. The highest BCUT2D eigenvalue weighted by Crippen LogP contribution is 2.44. The van der Waals surface area contributed by atoms with E-state index in [2.05, 4.69) is 0 Å². The highest BCUT2D eigenvalue weighted by molar-refractivity contribution is 6.06. The fraction of sp³-hybridized carbons (Fsp3) is 0.238. The third kappa shape index (κ3) is 4.58. The lowest BCUT2D eigenvalue weighted by molar-refractivity contribution is -0.149. The summed E-state index contributed by atoms with van der Waals surface area (Å²) in [4.78, 5) is 47.4. The second kappa shape index (κ2) is 8.34. The Labute approximate surface area is 175 Å². The number of ether oxygens (including phenoxy) is 4. The Bertz CT molecular complexity index is 1090. The molecule has 31 heavy (non-hydrogen) atoms. The number of Topliss-reactive ketones (excluding diaryl/α,β-unsaturated/α-hetero) is 1. The lowest BCUT2D eigenvalue weighted by Gasteiger charge is -2.32. The van der Waals surface area contributed by atoms with Crippen LogP contribution in [0.25, 0.3) is 0 Å². The molecule has 0 amide bonds. The Morgan fingerprint density at radius 3 is 2.16 bits per heavy atom. The van der Waals surface area contributed by atoms with Crippen LogP contribution in [0.15, 0.2) is 30.3 Å². The molecule has 162 valence electrons. The van der Waals surface area contributed by atoms with Gasteiger partial charge in [0.05, 0.1) is 0 Å². The number of benzene rings is 2. The van der Waals surface area contributed by atoms with Gasteiger partial charge < -0.3 is 29.2 Å². The molecule has 10 nitrogen and oxygen atoms in total. The van der Waals surface area contributed by atoms with Crippen LogP contribution in [0.1, 0.15) is 42.8 Å². The van der Waals surface area contributed by atoms with Crippen molar-refractivity contribution >= 4 is 23.7 Å². The Kier molecular flexibility index (Phi) is 5.82. The average Bonchev–Trinajstić information content (AvgIpc) is 2.63. The number of carbonyl (C=O) groups is 4. The predicted molar refractivity (Wildman–Crippen MR) is 102 cm³/mol. The third-order valence-electron chi connectivity index (χ3n) is 4.20. The summed E-state index contributed by atoms with van der Waals surface area (Å²) in [6, 6.07) is 6.13. The zero-order chi connectivity index (χ0) is 22.9. The van der Waals surface area contributed by atoms with Gasteiger partial charge in [-0.1, -0.05) is 6.07 Å². The maximum atomic E-state index is 13.0. The summed E-state index contributed by atoms with van der Waals surface area (Å²) in [6.07, 6.45) is -2.70. The molecule has 0 fully saturated rings. The van der Waals surface area contributed by atoms with Crippen LogP contribution in [-0.4, -0.2) is 40.0 Å². The van der Waals surface area contributed by atoms with E-state index >= 15 is 0 Å². The minimum atomic E-state index is -1.48. The van der Waals surface area contributed by atoms with E-state index in [-0.39, 0.29) is 34.1 Å². The molecule has 3 rings (SSSR count). The van der Waals surface area contributed by atoms with Gasteiger partial charge in [0.15, 0.2) is 17.6 Å². The molecular formula is C21H18O10. The van der Waals surface area contributed by atoms with Crippen LogP contribution < -0.4 is 14.2 Å². The quantitative estimate of drug-likeness (QED) is 0.547. The molecule has 2 unspecified atom stereocenters. The smallest absolute Gasteiger partial charge is 0.308 e. The molecule has 1 aliphatic rings. The first-order valence-corrected chi connectivity index (χ1v) is 9.01. The molecule has 0 saturated heterocycles. The SMILES string of the molecule is CC(=O)Oc1ccc(C2Oc3cc(O)cc(O)c3C(=O)C2OC(C)=O)cc1OC(C)=O. The zero-order valence-corrected chi connectivity index (χ0v) is 16.7. The molecule has 0 aliphatic carbocycles. The molecule has 10 heteroatoms. The fourth-order valence-electron chi connectivity index (χ4n) is 3.12. The monoisotopic (exact) mass is 430 g/mol. The molecule has 1 heterocycles. The molecule has 2 aromatic carbocycles. The molecule has 2 N–H and O–H groups in total. The number of phenolic OH excluding ortho intramolecular Hbond substituents is 2. The number of fused-ring (bicyclic) bond motifs is 1. The van der Waals surface area contributed by atoms with Crippen molar-refractivity contribution in [1.29, 1.82) is 0 Å². The second-order valence-electron chi connectivity index (χ2n) is 6.66. The molecule has 2 aromatic rings. The van der Waals surface area contributed by atoms with Crippen LogP contribution >= 0.6 is 0 Å². The number of esters is 3. The lowest BCUT2D eigenvalue weighted by atomic mass is 9.92. The van der Waals surface area contributed by atoms with Crippen molar-refractivity contribution < 1.29 is 48.3 Å². The van der Waals surface area contributed by atoms with Gasteiger partial charge in [-0.2, -0.15) is 0 Å². The maximum Gasteiger partial charge on any atom is 0.308 e. The zero-order valence-electron chi connectivity index (χ0n) is 16.7. The van der Waals surface area contributed by atoms with Gasteiger partial charge in [0, 0.05) is 38.5 Å². The van der Waals surface area contributed by atoms with E-state index in [1.807, 2.05) is 0 Å². The molecule has 1 aliphatic heterocycles. The Morgan fingerprint density at radius 1 is 0.903 bits per heavy atom. The number of carbonyl (C=O) groups excluding carboxylic acids is 4. The summed E-state index contributed by atoms with van der Waals surface area (Å²) in [5.74, 6) is -4.06. The average molecular weight is 430 g/mol. The Morgan fingerprint density at radius 2 is 1.55 bits per heavy atom. The standard InChI is InChI=1S/C21H18O10/c1-9(22)28-15-5-4-12(6-16(15)29-10(2)23)20-21(30-11(3)24)19(27)18-14(26)7-13(25)8-17(18)31-20/h4-8,20-21,25-26H,1-3H3. The van der Waals surface area contributed by atoms with Crippen LogP contribution in [0.2, 0.25) is 0 Å². The third-order valence-corrected chi connectivity index (χ3v) is 4.20. The van der Waals surface area contributed by atoms with E-state index in [1.54, 1.807) is 0 Å². The van der Waals surface area contributed by atoms with Crippen molar-refractivity contribution in [2.24, 2.45) is 0 Å². The fourth-order valence-corrected chi connectivity index (χ4v) is 3.12. The van der Waals surface area contributed by atoms with Crippen molar-refractivity contribution in [3.8, 4) is 28.7 Å². The van der Waals surface area contributed by atoms with Crippen molar-refractivity contribution in [2.45, 2.75) is 33.0 Å². The van der Waals surface area contributed by atoms with E-state index in [1.165, 1.54) is 25.1 Å². The normalized spacial score (nSPS) is 17.2. The van der Waals surface area contributed by atoms with Gasteiger partial charge in [-0.05, 0) is 12.1 Å². The van der Waals surface area contributed by atoms with Crippen LogP contribution in [0.4, 0.5) is 0 Å². The minimum absolute atomic E-state index is 0.0479. The van der Waals surface area contributed by atoms with Crippen LogP contribution in [-0.2, 0) is 19.1 Å². The topological polar surface area (TPSA) is 146 Å². The van der Waals surface area contributed by atoms with E-state index in [0.29, 0.717) is 0 Å². The van der Waals surface area contributed by atoms with Crippen molar-refractivity contribution in [1.82, 2.24) is 0 Å². The van der Waals surface area contributed by atoms with Gasteiger partial charge in [-0.25, -0.2) is 0 Å². The number of hydrogen-bond donors (Lipinski definition) is 2. The molecule has 0 aromatic heterocycles. The summed E-state index contributed by atoms with van der Waals surface area (Å²) < 4.78 is 21.0. The summed E-state index contributed by atoms with van der Waals surface area (Å²) in [7, 11) is 0. The van der Waals surface area contributed by atoms with Crippen LogP contribution in [0.3, 0.4) is 0 Å². The molecule has 0 bridgehead atoms. The van der Waals surface area contributed by atoms with Crippen LogP contribution in [0, 0.1) is 0 Å². The Hall–Kier alpha value is -4.08.